The summed E-state index contributed by atoms with van der Waals surface area (Å²) < 4.78 is 0. The topological polar surface area (TPSA) is 0 Å². The van der Waals surface area contributed by atoms with Gasteiger partial charge in [-0.15, -0.1) is 8.93 Å². The first kappa shape index (κ1) is 5.01. The van der Waals surface area contributed by atoms with E-state index in [1.54, 1.807) is 0 Å². The van der Waals surface area contributed by atoms with E-state index in [2.05, 4.69) is 8.93 Å². The van der Waals surface area contributed by atoms with E-state index in [1.807, 2.05) is 0 Å². The second kappa shape index (κ2) is 2.24. The normalized spacial score (nSPS) is 25.5. The smallest absolute Gasteiger partial charge is 0.0202 e. The lowest BCUT2D eigenvalue weighted by molar-refractivity contribution is 0.521. The van der Waals surface area contributed by atoms with E-state index in [0.29, 0.717) is 0 Å². The first-order valence-electron chi connectivity index (χ1n) is 2.39. The first-order valence-corrected chi connectivity index (χ1v) is 5.28. The molecule has 0 saturated heterocycles. The van der Waals surface area contributed by atoms with Gasteiger partial charge in [0.05, 0.1) is 0 Å². The zero-order valence-corrected chi connectivity index (χ0v) is 5.93. The molecule has 0 bridgehead atoms. The maximum atomic E-state index is 2.82. The van der Waals surface area contributed by atoms with E-state index in [4.69, 9.17) is 0 Å². The van der Waals surface area contributed by atoms with Crippen molar-refractivity contribution in [1.29, 1.82) is 0 Å². The van der Waals surface area contributed by atoms with Crippen LogP contribution >= 0.6 is 17.2 Å². The third-order valence-electron chi connectivity index (χ3n) is 1.34. The Morgan fingerprint density at radius 1 is 1.50 bits per heavy atom. The van der Waals surface area contributed by atoms with Crippen LogP contribution in [0.5, 0.6) is 0 Å². The summed E-state index contributed by atoms with van der Waals surface area (Å²) in [6.45, 7) is 0. The van der Waals surface area contributed by atoms with E-state index in [0.717, 1.165) is 13.9 Å². The SMILES string of the molecule is PPC1CCC1. The van der Waals surface area contributed by atoms with Gasteiger partial charge in [0.25, 0.3) is 0 Å². The summed E-state index contributed by atoms with van der Waals surface area (Å²) in [7, 11) is 3.95. The summed E-state index contributed by atoms with van der Waals surface area (Å²) in [5, 5.41) is 0. The average molecular weight is 120 g/mol. The highest BCUT2D eigenvalue weighted by molar-refractivity contribution is 8.03. The summed E-state index contributed by atoms with van der Waals surface area (Å²) in [4.78, 5) is 0. The molecule has 1 fully saturated rings. The van der Waals surface area contributed by atoms with Crippen LogP contribution in [0.2, 0.25) is 0 Å². The van der Waals surface area contributed by atoms with E-state index >= 15 is 0 Å². The summed E-state index contributed by atoms with van der Waals surface area (Å²) in [5.41, 5.74) is 1.11. The van der Waals surface area contributed by atoms with Gasteiger partial charge in [-0.25, -0.2) is 0 Å². The molecule has 0 heterocycles. The van der Waals surface area contributed by atoms with Crippen molar-refractivity contribution in [3.63, 3.8) is 0 Å². The minimum atomic E-state index is 1.11. The Balaban J connectivity index is 2.01. The first-order chi connectivity index (χ1) is 2.93. The quantitative estimate of drug-likeness (QED) is 0.464. The Kier molecular flexibility index (Phi) is 1.87. The molecule has 36 valence electrons. The summed E-state index contributed by atoms with van der Waals surface area (Å²) >= 11 is 0. The molecule has 0 nitrogen and oxygen atoms in total. The molecule has 1 rings (SSSR count). The Bertz CT molecular complexity index is 38.1. The van der Waals surface area contributed by atoms with Crippen LogP contribution in [0.4, 0.5) is 0 Å². The Hall–Kier alpha value is 0.860. The van der Waals surface area contributed by atoms with Gasteiger partial charge >= 0.3 is 0 Å². The van der Waals surface area contributed by atoms with Crippen LogP contribution in [-0.2, 0) is 0 Å². The Morgan fingerprint density at radius 2 is 2.17 bits per heavy atom. The molecule has 0 radical (unpaired) electrons. The molecular formula is C4H10P2. The monoisotopic (exact) mass is 120 g/mol. The lowest BCUT2D eigenvalue weighted by Crippen LogP contribution is -2.09. The van der Waals surface area contributed by atoms with Gasteiger partial charge in [-0.1, -0.05) is 14.7 Å². The molecule has 2 atom stereocenters. The van der Waals surface area contributed by atoms with Crippen molar-refractivity contribution in [1.82, 2.24) is 0 Å². The zero-order chi connectivity index (χ0) is 4.41. The van der Waals surface area contributed by atoms with Crippen molar-refractivity contribution in [2.45, 2.75) is 24.9 Å². The fourth-order valence-corrected chi connectivity index (χ4v) is 2.32. The molecule has 1 saturated carbocycles. The van der Waals surface area contributed by atoms with Gasteiger partial charge in [-0.05, 0) is 18.5 Å². The molecule has 1 aliphatic carbocycles. The maximum Gasteiger partial charge on any atom is -0.0202 e. The largest absolute Gasteiger partial charge is 0.114 e. The van der Waals surface area contributed by atoms with Gasteiger partial charge in [0, 0.05) is 0 Å². The van der Waals surface area contributed by atoms with Gasteiger partial charge in [0.15, 0.2) is 0 Å². The fourth-order valence-electron chi connectivity index (χ4n) is 0.575. The minimum Gasteiger partial charge on any atom is -0.114 e. The van der Waals surface area contributed by atoms with E-state index in [-0.39, 0.29) is 0 Å². The van der Waals surface area contributed by atoms with Crippen LogP contribution in [-0.4, -0.2) is 5.66 Å². The minimum absolute atomic E-state index is 1.11. The average Bonchev–Trinajstić information content (AvgIpc) is 1.31. The van der Waals surface area contributed by atoms with Crippen LogP contribution < -0.4 is 0 Å². The standard InChI is InChI=1S/C4H10P2/c5-6-4-2-1-3-4/h4,6H,1-3,5H2. The maximum absolute atomic E-state index is 2.82. The van der Waals surface area contributed by atoms with Crippen LogP contribution in [0.3, 0.4) is 0 Å². The summed E-state index contributed by atoms with van der Waals surface area (Å²) in [5.74, 6) is 0. The van der Waals surface area contributed by atoms with Crippen molar-refractivity contribution < 1.29 is 0 Å². The van der Waals surface area contributed by atoms with Gasteiger partial charge in [0.1, 0.15) is 0 Å². The van der Waals surface area contributed by atoms with Crippen molar-refractivity contribution >= 4 is 17.2 Å². The molecule has 1 aliphatic rings. The van der Waals surface area contributed by atoms with Crippen LogP contribution in [0, 0.1) is 0 Å². The third kappa shape index (κ3) is 0.922. The van der Waals surface area contributed by atoms with E-state index in [1.165, 1.54) is 19.3 Å². The highest BCUT2D eigenvalue weighted by atomic mass is 32.0. The van der Waals surface area contributed by atoms with Crippen molar-refractivity contribution in [2.75, 3.05) is 0 Å². The molecular weight excluding hydrogens is 110 g/mol. The molecule has 0 aromatic rings. The lowest BCUT2D eigenvalue weighted by Gasteiger charge is -2.22. The van der Waals surface area contributed by atoms with Gasteiger partial charge < -0.3 is 0 Å². The van der Waals surface area contributed by atoms with E-state index in [9.17, 15) is 0 Å². The highest BCUT2D eigenvalue weighted by Gasteiger charge is 2.13. The summed E-state index contributed by atoms with van der Waals surface area (Å²) in [6.07, 6.45) is 4.50. The molecule has 2 unspecified atom stereocenters. The van der Waals surface area contributed by atoms with Crippen molar-refractivity contribution in [2.24, 2.45) is 0 Å². The molecule has 0 N–H and O–H groups in total. The van der Waals surface area contributed by atoms with E-state index < -0.39 is 0 Å². The van der Waals surface area contributed by atoms with Gasteiger partial charge in [-0.3, -0.25) is 0 Å². The lowest BCUT2D eigenvalue weighted by atomic mass is 10.00. The van der Waals surface area contributed by atoms with Crippen LogP contribution in [0.1, 0.15) is 19.3 Å². The Morgan fingerprint density at radius 3 is 2.17 bits per heavy atom. The summed E-state index contributed by atoms with van der Waals surface area (Å²) in [6, 6.07) is 0. The zero-order valence-electron chi connectivity index (χ0n) is 3.78. The molecule has 0 spiro atoms. The predicted octanol–water partition coefficient (Wildman–Crippen LogP) is 2.01. The molecule has 0 aliphatic heterocycles. The number of rotatable bonds is 1. The van der Waals surface area contributed by atoms with Gasteiger partial charge in [-0.2, -0.15) is 0 Å². The molecule has 0 aromatic heterocycles. The van der Waals surface area contributed by atoms with Crippen LogP contribution in [0.25, 0.3) is 0 Å². The van der Waals surface area contributed by atoms with Crippen molar-refractivity contribution in [3.8, 4) is 0 Å². The fraction of sp³-hybridized carbons (Fsp3) is 1.00. The number of hydrogen-bond donors (Lipinski definition) is 0. The molecule has 0 aromatic carbocycles. The second-order valence-corrected chi connectivity index (χ2v) is 3.94. The molecule has 0 amide bonds. The molecule has 6 heavy (non-hydrogen) atoms. The highest BCUT2D eigenvalue weighted by Crippen LogP contribution is 2.40. The third-order valence-corrected chi connectivity index (χ3v) is 3.80. The Labute approximate surface area is 43.0 Å². The van der Waals surface area contributed by atoms with Crippen LogP contribution in [0.15, 0.2) is 0 Å². The van der Waals surface area contributed by atoms with Gasteiger partial charge in [0.2, 0.25) is 0 Å². The second-order valence-electron chi connectivity index (χ2n) is 1.79. The van der Waals surface area contributed by atoms with Crippen molar-refractivity contribution in [3.05, 3.63) is 0 Å². The number of hydrogen-bond acceptors (Lipinski definition) is 0. The predicted molar refractivity (Wildman–Crippen MR) is 35.7 cm³/mol. The molecule has 2 heteroatoms.